The Labute approximate surface area is 72.5 Å². The summed E-state index contributed by atoms with van der Waals surface area (Å²) < 4.78 is 0. The predicted octanol–water partition coefficient (Wildman–Crippen LogP) is 1.89. The Hall–Kier alpha value is -1.06. The topological polar surface area (TPSA) is 38.7 Å². The van der Waals surface area contributed by atoms with Crippen LogP contribution in [0.1, 0.15) is 5.56 Å². The monoisotopic (exact) mass is 170 g/mol. The van der Waals surface area contributed by atoms with Crippen molar-refractivity contribution in [3.63, 3.8) is 0 Å². The van der Waals surface area contributed by atoms with Crippen LogP contribution in [0.15, 0.2) is 24.3 Å². The lowest BCUT2D eigenvalue weighted by atomic mass is 10.2. The summed E-state index contributed by atoms with van der Waals surface area (Å²) >= 11 is 0. The molecule has 3 nitrogen and oxygen atoms in total. The van der Waals surface area contributed by atoms with Gasteiger partial charge in [0.1, 0.15) is 5.75 Å². The molecule has 0 saturated heterocycles. The van der Waals surface area contributed by atoms with Crippen molar-refractivity contribution in [1.29, 1.82) is 0 Å². The van der Waals surface area contributed by atoms with Crippen LogP contribution < -0.4 is 0 Å². The average molecular weight is 170 g/mol. The van der Waals surface area contributed by atoms with E-state index in [4.69, 9.17) is 5.11 Å². The molecular weight excluding hydrogens is 156 g/mol. The first-order valence-corrected chi connectivity index (χ1v) is 3.53. The third kappa shape index (κ3) is 4.71. The second kappa shape index (κ2) is 6.64. The summed E-state index contributed by atoms with van der Waals surface area (Å²) in [4.78, 5) is 8.08. The fraction of sp³-hybridized carbons (Fsp3) is 0.333. The van der Waals surface area contributed by atoms with Crippen molar-refractivity contribution in [3.8, 4) is 5.75 Å². The number of aryl methyl sites for hydroxylation is 1. The molecule has 0 bridgehead atoms. The van der Waals surface area contributed by atoms with Gasteiger partial charge in [0.15, 0.2) is 0 Å². The van der Waals surface area contributed by atoms with Gasteiger partial charge in [-0.25, -0.2) is 9.78 Å². The first kappa shape index (κ1) is 10.9. The molecule has 68 valence electrons. The summed E-state index contributed by atoms with van der Waals surface area (Å²) in [7, 11) is 2.92. The summed E-state index contributed by atoms with van der Waals surface area (Å²) in [5, 5.41) is 8.92. The molecule has 1 N–H and O–H groups in total. The highest BCUT2D eigenvalue weighted by Crippen LogP contribution is 2.12. The van der Waals surface area contributed by atoms with Crippen LogP contribution >= 0.6 is 0 Å². The summed E-state index contributed by atoms with van der Waals surface area (Å²) in [5.41, 5.74) is 0.924. The van der Waals surface area contributed by atoms with Crippen LogP contribution in [0, 0.1) is 6.92 Å². The van der Waals surface area contributed by atoms with Crippen molar-refractivity contribution in [2.75, 3.05) is 14.2 Å². The molecule has 0 aliphatic rings. The SMILES string of the molecule is COOC.Cc1ccccc1O. The molecule has 0 fully saturated rings. The molecule has 0 aliphatic carbocycles. The van der Waals surface area contributed by atoms with E-state index in [-0.39, 0.29) is 0 Å². The van der Waals surface area contributed by atoms with Crippen LogP contribution in [0.4, 0.5) is 0 Å². The van der Waals surface area contributed by atoms with Gasteiger partial charge in [-0.15, -0.1) is 0 Å². The number of rotatable bonds is 1. The summed E-state index contributed by atoms with van der Waals surface area (Å²) in [5.74, 6) is 0.368. The zero-order chi connectivity index (χ0) is 9.40. The fourth-order valence-corrected chi connectivity index (χ4v) is 0.563. The van der Waals surface area contributed by atoms with Gasteiger partial charge in [-0.3, -0.25) is 0 Å². The molecular formula is C9H14O3. The minimum Gasteiger partial charge on any atom is -0.508 e. The van der Waals surface area contributed by atoms with Gasteiger partial charge >= 0.3 is 0 Å². The Balaban J connectivity index is 0.000000261. The Morgan fingerprint density at radius 3 is 1.83 bits per heavy atom. The quantitative estimate of drug-likeness (QED) is 0.516. The van der Waals surface area contributed by atoms with E-state index in [1.54, 1.807) is 6.07 Å². The molecule has 0 aromatic heterocycles. The van der Waals surface area contributed by atoms with E-state index in [2.05, 4.69) is 9.78 Å². The van der Waals surface area contributed by atoms with E-state index in [9.17, 15) is 0 Å². The summed E-state index contributed by atoms with van der Waals surface area (Å²) in [6, 6.07) is 7.25. The molecule has 12 heavy (non-hydrogen) atoms. The normalized spacial score (nSPS) is 8.58. The van der Waals surface area contributed by atoms with Crippen molar-refractivity contribution in [3.05, 3.63) is 29.8 Å². The van der Waals surface area contributed by atoms with Gasteiger partial charge in [0.05, 0.1) is 14.2 Å². The van der Waals surface area contributed by atoms with E-state index in [0.717, 1.165) is 5.56 Å². The first-order chi connectivity index (χ1) is 5.72. The van der Waals surface area contributed by atoms with Crippen molar-refractivity contribution in [2.45, 2.75) is 6.92 Å². The standard InChI is InChI=1S/C7H8O.C2H6O2/c1-6-4-2-3-5-7(6)8;1-3-4-2/h2-5,8H,1H3;1-2H3. The Morgan fingerprint density at radius 1 is 1.08 bits per heavy atom. The third-order valence-electron chi connectivity index (χ3n) is 1.28. The van der Waals surface area contributed by atoms with Gasteiger partial charge in [-0.05, 0) is 18.6 Å². The van der Waals surface area contributed by atoms with Crippen molar-refractivity contribution in [1.82, 2.24) is 0 Å². The zero-order valence-corrected chi connectivity index (χ0v) is 7.57. The highest BCUT2D eigenvalue weighted by molar-refractivity contribution is 5.29. The molecule has 0 unspecified atom stereocenters. The predicted molar refractivity (Wildman–Crippen MR) is 46.9 cm³/mol. The molecule has 0 radical (unpaired) electrons. The van der Waals surface area contributed by atoms with Gasteiger partial charge in [0, 0.05) is 0 Å². The molecule has 3 heteroatoms. The Morgan fingerprint density at radius 2 is 1.58 bits per heavy atom. The van der Waals surface area contributed by atoms with Gasteiger partial charge in [-0.1, -0.05) is 18.2 Å². The largest absolute Gasteiger partial charge is 0.508 e. The Kier molecular flexibility index (Phi) is 6.05. The number of benzene rings is 1. The number of hydrogen-bond acceptors (Lipinski definition) is 3. The third-order valence-corrected chi connectivity index (χ3v) is 1.28. The van der Waals surface area contributed by atoms with E-state index >= 15 is 0 Å². The molecule has 0 saturated carbocycles. The summed E-state index contributed by atoms with van der Waals surface area (Å²) in [6.07, 6.45) is 0. The lowest BCUT2D eigenvalue weighted by Gasteiger charge is -1.92. The zero-order valence-electron chi connectivity index (χ0n) is 7.57. The number of phenols is 1. The number of aromatic hydroxyl groups is 1. The fourth-order valence-electron chi connectivity index (χ4n) is 0.563. The number of phenolic OH excluding ortho intramolecular Hbond substituents is 1. The molecule has 1 rings (SSSR count). The molecule has 0 amide bonds. The maximum absolute atomic E-state index is 8.92. The van der Waals surface area contributed by atoms with E-state index < -0.39 is 0 Å². The van der Waals surface area contributed by atoms with Crippen LogP contribution in [0.2, 0.25) is 0 Å². The molecule has 0 atom stereocenters. The van der Waals surface area contributed by atoms with Crippen LogP contribution in [0.25, 0.3) is 0 Å². The van der Waals surface area contributed by atoms with Crippen molar-refractivity contribution >= 4 is 0 Å². The minimum absolute atomic E-state index is 0.368. The lowest BCUT2D eigenvalue weighted by molar-refractivity contribution is -0.248. The van der Waals surface area contributed by atoms with Gasteiger partial charge in [0.2, 0.25) is 0 Å². The lowest BCUT2D eigenvalue weighted by Crippen LogP contribution is -1.72. The highest BCUT2D eigenvalue weighted by atomic mass is 17.2. The van der Waals surface area contributed by atoms with Gasteiger partial charge in [-0.2, -0.15) is 0 Å². The second-order valence-corrected chi connectivity index (χ2v) is 2.12. The number of para-hydroxylation sites is 1. The highest BCUT2D eigenvalue weighted by Gasteiger charge is 1.86. The molecule has 1 aromatic carbocycles. The van der Waals surface area contributed by atoms with Gasteiger partial charge < -0.3 is 5.11 Å². The minimum atomic E-state index is 0.368. The maximum Gasteiger partial charge on any atom is 0.118 e. The van der Waals surface area contributed by atoms with Crippen molar-refractivity contribution in [2.24, 2.45) is 0 Å². The van der Waals surface area contributed by atoms with Crippen molar-refractivity contribution < 1.29 is 14.9 Å². The Bertz CT molecular complexity index is 188. The van der Waals surface area contributed by atoms with E-state index in [1.165, 1.54) is 14.2 Å². The van der Waals surface area contributed by atoms with Crippen LogP contribution in [0.3, 0.4) is 0 Å². The maximum atomic E-state index is 8.92. The molecule has 1 aromatic rings. The van der Waals surface area contributed by atoms with Crippen LogP contribution in [-0.2, 0) is 9.78 Å². The van der Waals surface area contributed by atoms with E-state index in [0.29, 0.717) is 5.75 Å². The molecule has 0 heterocycles. The average Bonchev–Trinajstić information content (AvgIpc) is 2.11. The molecule has 0 spiro atoms. The van der Waals surface area contributed by atoms with Gasteiger partial charge in [0.25, 0.3) is 0 Å². The van der Waals surface area contributed by atoms with E-state index in [1.807, 2.05) is 25.1 Å². The number of hydrogen-bond donors (Lipinski definition) is 1. The molecule has 0 aliphatic heterocycles. The van der Waals surface area contributed by atoms with Crippen LogP contribution in [0.5, 0.6) is 5.75 Å². The summed E-state index contributed by atoms with van der Waals surface area (Å²) in [6.45, 7) is 1.87. The smallest absolute Gasteiger partial charge is 0.118 e. The second-order valence-electron chi connectivity index (χ2n) is 2.12. The van der Waals surface area contributed by atoms with Crippen LogP contribution in [-0.4, -0.2) is 19.3 Å². The first-order valence-electron chi connectivity index (χ1n) is 3.53.